The molecule has 4 rings (SSSR count). The number of ether oxygens (including phenoxy) is 1. The lowest BCUT2D eigenvalue weighted by Gasteiger charge is -2.21. The molecule has 0 saturated heterocycles. The monoisotopic (exact) mass is 266 g/mol. The van der Waals surface area contributed by atoms with Gasteiger partial charge in [0.25, 0.3) is 0 Å². The summed E-state index contributed by atoms with van der Waals surface area (Å²) < 4.78 is 4.64. The fraction of sp³-hybridized carbons (Fsp3) is 0.0667. The Labute approximate surface area is 112 Å². The molecular weight excluding hydrogens is 260 g/mol. The van der Waals surface area contributed by atoms with Crippen LogP contribution < -0.4 is 0 Å². The van der Waals surface area contributed by atoms with Gasteiger partial charge in [0.1, 0.15) is 0 Å². The summed E-state index contributed by atoms with van der Waals surface area (Å²) in [6, 6.07) is 5.95. The fourth-order valence-electron chi connectivity index (χ4n) is 2.83. The first-order valence-electron chi connectivity index (χ1n) is 6.00. The molecule has 0 N–H and O–H groups in total. The van der Waals surface area contributed by atoms with E-state index in [1.165, 1.54) is 24.3 Å². The highest BCUT2D eigenvalue weighted by Crippen LogP contribution is 2.36. The van der Waals surface area contributed by atoms with Gasteiger partial charge in [-0.2, -0.15) is 0 Å². The topological polar surface area (TPSA) is 77.5 Å². The second-order valence-electron chi connectivity index (χ2n) is 4.77. The Bertz CT molecular complexity index is 736. The van der Waals surface area contributed by atoms with Crippen LogP contribution in [0.25, 0.3) is 10.8 Å². The van der Waals surface area contributed by atoms with E-state index in [0.29, 0.717) is 21.9 Å². The molecule has 1 aliphatic heterocycles. The number of ketones is 2. The molecule has 1 heterocycles. The van der Waals surface area contributed by atoms with Gasteiger partial charge in [-0.15, -0.1) is 0 Å². The molecule has 0 bridgehead atoms. The highest BCUT2D eigenvalue weighted by molar-refractivity contribution is 6.32. The molecule has 0 saturated carbocycles. The van der Waals surface area contributed by atoms with E-state index >= 15 is 0 Å². The van der Waals surface area contributed by atoms with Crippen molar-refractivity contribution >= 4 is 34.3 Å². The molecule has 0 spiro atoms. The fourth-order valence-corrected chi connectivity index (χ4v) is 2.83. The summed E-state index contributed by atoms with van der Waals surface area (Å²) in [7, 11) is 0. The van der Waals surface area contributed by atoms with E-state index in [1.54, 1.807) is 0 Å². The Balaban J connectivity index is 2.29. The van der Waals surface area contributed by atoms with Crippen LogP contribution in [0.5, 0.6) is 0 Å². The molecule has 2 aromatic rings. The first-order valence-corrected chi connectivity index (χ1v) is 6.00. The zero-order valence-electron chi connectivity index (χ0n) is 10.1. The van der Waals surface area contributed by atoms with Crippen LogP contribution in [0, 0.1) is 0 Å². The SMILES string of the molecule is O=C1CC(=O)c2ccc3c4c(ccc1c24)C(=O)OC3=O. The number of cyclic esters (lactones) is 2. The predicted molar refractivity (Wildman–Crippen MR) is 67.0 cm³/mol. The van der Waals surface area contributed by atoms with Crippen LogP contribution in [0.3, 0.4) is 0 Å². The summed E-state index contributed by atoms with van der Waals surface area (Å²) in [4.78, 5) is 47.4. The average Bonchev–Trinajstić information content (AvgIpc) is 2.42. The Kier molecular flexibility index (Phi) is 1.87. The zero-order chi connectivity index (χ0) is 14.0. The third-order valence-corrected chi connectivity index (χ3v) is 3.71. The highest BCUT2D eigenvalue weighted by atomic mass is 16.6. The van der Waals surface area contributed by atoms with Gasteiger partial charge < -0.3 is 4.74 Å². The maximum Gasteiger partial charge on any atom is 0.346 e. The van der Waals surface area contributed by atoms with E-state index in [4.69, 9.17) is 0 Å². The number of carbonyl (C=O) groups excluding carboxylic acids is 4. The van der Waals surface area contributed by atoms with Gasteiger partial charge >= 0.3 is 11.9 Å². The van der Waals surface area contributed by atoms with Crippen LogP contribution in [0.15, 0.2) is 24.3 Å². The van der Waals surface area contributed by atoms with Gasteiger partial charge in [0, 0.05) is 21.9 Å². The first kappa shape index (κ1) is 11.0. The lowest BCUT2D eigenvalue weighted by atomic mass is 9.83. The summed E-state index contributed by atoms with van der Waals surface area (Å²) >= 11 is 0. The van der Waals surface area contributed by atoms with Crippen molar-refractivity contribution in [2.75, 3.05) is 0 Å². The molecule has 0 amide bonds. The van der Waals surface area contributed by atoms with Crippen LogP contribution in [-0.4, -0.2) is 23.5 Å². The van der Waals surface area contributed by atoms with Crippen molar-refractivity contribution in [2.45, 2.75) is 6.42 Å². The summed E-state index contributed by atoms with van der Waals surface area (Å²) in [5.41, 5.74) is 1.18. The van der Waals surface area contributed by atoms with Crippen LogP contribution in [0.4, 0.5) is 0 Å². The number of hydrogen-bond donors (Lipinski definition) is 0. The maximum absolute atomic E-state index is 12.0. The third kappa shape index (κ3) is 1.17. The largest absolute Gasteiger partial charge is 0.386 e. The smallest absolute Gasteiger partial charge is 0.346 e. The van der Waals surface area contributed by atoms with Crippen molar-refractivity contribution in [3.05, 3.63) is 46.5 Å². The minimum Gasteiger partial charge on any atom is -0.386 e. The van der Waals surface area contributed by atoms with E-state index in [2.05, 4.69) is 4.74 Å². The van der Waals surface area contributed by atoms with Gasteiger partial charge in [-0.05, 0) is 24.3 Å². The van der Waals surface area contributed by atoms with E-state index in [-0.39, 0.29) is 29.1 Å². The molecule has 0 aromatic heterocycles. The van der Waals surface area contributed by atoms with Crippen molar-refractivity contribution in [3.63, 3.8) is 0 Å². The molecular formula is C15H6O5. The zero-order valence-corrected chi connectivity index (χ0v) is 10.1. The van der Waals surface area contributed by atoms with Crippen molar-refractivity contribution in [2.24, 2.45) is 0 Å². The molecule has 96 valence electrons. The number of benzene rings is 2. The van der Waals surface area contributed by atoms with Gasteiger partial charge in [-0.3, -0.25) is 9.59 Å². The molecule has 2 aromatic carbocycles. The predicted octanol–water partition coefficient (Wildman–Crippen LogP) is 1.92. The molecule has 1 aliphatic carbocycles. The van der Waals surface area contributed by atoms with E-state index in [1.807, 2.05) is 0 Å². The highest BCUT2D eigenvalue weighted by Gasteiger charge is 2.33. The van der Waals surface area contributed by atoms with Gasteiger partial charge in [0.05, 0.1) is 17.5 Å². The van der Waals surface area contributed by atoms with Gasteiger partial charge in [0.2, 0.25) is 0 Å². The summed E-state index contributed by atoms with van der Waals surface area (Å²) in [5.74, 6) is -2.09. The normalized spacial score (nSPS) is 16.6. The van der Waals surface area contributed by atoms with Gasteiger partial charge in [-0.25, -0.2) is 9.59 Å². The van der Waals surface area contributed by atoms with Crippen LogP contribution >= 0.6 is 0 Å². The first-order chi connectivity index (χ1) is 9.58. The molecule has 5 heteroatoms. The number of Topliss-reactive ketones (excluding diaryl/α,β-unsaturated/α-hetero) is 2. The summed E-state index contributed by atoms with van der Waals surface area (Å²) in [6.45, 7) is 0. The van der Waals surface area contributed by atoms with Gasteiger partial charge in [0.15, 0.2) is 11.6 Å². The molecule has 20 heavy (non-hydrogen) atoms. The minimum absolute atomic E-state index is 0.181. The Morgan fingerprint density at radius 3 is 1.55 bits per heavy atom. The number of hydrogen-bond acceptors (Lipinski definition) is 5. The van der Waals surface area contributed by atoms with Crippen molar-refractivity contribution in [1.29, 1.82) is 0 Å². The average molecular weight is 266 g/mol. The molecule has 0 radical (unpaired) electrons. The molecule has 0 atom stereocenters. The second kappa shape index (κ2) is 3.39. The van der Waals surface area contributed by atoms with Crippen LogP contribution in [0.1, 0.15) is 47.9 Å². The summed E-state index contributed by atoms with van der Waals surface area (Å²) in [5, 5.41) is 0.744. The van der Waals surface area contributed by atoms with E-state index < -0.39 is 11.9 Å². The Morgan fingerprint density at radius 2 is 1.05 bits per heavy atom. The Hall–Kier alpha value is -2.82. The maximum atomic E-state index is 12.0. The van der Waals surface area contributed by atoms with Gasteiger partial charge in [-0.1, -0.05) is 0 Å². The van der Waals surface area contributed by atoms with Crippen LogP contribution in [0.2, 0.25) is 0 Å². The lowest BCUT2D eigenvalue weighted by Crippen LogP contribution is -2.23. The molecule has 5 nitrogen and oxygen atoms in total. The van der Waals surface area contributed by atoms with Crippen molar-refractivity contribution in [3.8, 4) is 0 Å². The number of carbonyl (C=O) groups is 4. The van der Waals surface area contributed by atoms with E-state index in [0.717, 1.165) is 0 Å². The lowest BCUT2D eigenvalue weighted by molar-refractivity contribution is 0.0390. The van der Waals surface area contributed by atoms with Crippen LogP contribution in [-0.2, 0) is 4.74 Å². The quantitative estimate of drug-likeness (QED) is 0.537. The summed E-state index contributed by atoms with van der Waals surface area (Å²) in [6.07, 6.45) is -0.181. The third-order valence-electron chi connectivity index (χ3n) is 3.71. The number of rotatable bonds is 0. The molecule has 0 fully saturated rings. The molecule has 2 aliphatic rings. The van der Waals surface area contributed by atoms with Crippen molar-refractivity contribution in [1.82, 2.24) is 0 Å². The Morgan fingerprint density at radius 1 is 0.650 bits per heavy atom. The number of esters is 2. The van der Waals surface area contributed by atoms with E-state index in [9.17, 15) is 19.2 Å². The second-order valence-corrected chi connectivity index (χ2v) is 4.77. The standard InChI is InChI=1S/C15H6O5/c16-10-5-11(17)7-2-4-9-13-8(14(18)20-15(9)19)3-1-6(10)12(7)13/h1-4H,5H2. The van der Waals surface area contributed by atoms with Crippen molar-refractivity contribution < 1.29 is 23.9 Å². The molecule has 0 unspecified atom stereocenters. The minimum atomic E-state index is -0.753.